The molecule has 312 valence electrons. The highest BCUT2D eigenvalue weighted by molar-refractivity contribution is 5.71. The predicted octanol–water partition coefficient (Wildman–Crippen LogP) is -6.14. The predicted molar refractivity (Wildman–Crippen MR) is 180 cm³/mol. The molecule has 20 heteroatoms. The molecule has 0 bridgehead atoms. The minimum absolute atomic E-state index is 0.0103. The minimum atomic E-state index is -2.00. The number of aliphatic hydroxyl groups is 14. The van der Waals surface area contributed by atoms with Gasteiger partial charge in [0.1, 0.15) is 36.6 Å². The summed E-state index contributed by atoms with van der Waals surface area (Å²) in [5, 5.41) is 149. The topological polar surface area (TPSA) is 351 Å². The molecule has 0 aromatic heterocycles. The molecule has 13 atom stereocenters. The Hall–Kier alpha value is -1.25. The second-order valence-corrected chi connectivity index (χ2v) is 14.2. The van der Waals surface area contributed by atoms with Crippen molar-refractivity contribution in [2.75, 3.05) is 59.3 Å². The van der Waals surface area contributed by atoms with Crippen LogP contribution in [-0.4, -0.2) is 231 Å². The smallest absolute Gasteiger partial charge is 0.334 e. The van der Waals surface area contributed by atoms with Gasteiger partial charge >= 0.3 is 5.97 Å². The fourth-order valence-electron chi connectivity index (χ4n) is 5.46. The van der Waals surface area contributed by atoms with E-state index >= 15 is 0 Å². The van der Waals surface area contributed by atoms with Crippen LogP contribution in [0.5, 0.6) is 0 Å². The summed E-state index contributed by atoms with van der Waals surface area (Å²) in [5.74, 6) is -1.46. The Kier molecular flexibility index (Phi) is 24.4. The molecule has 0 spiro atoms. The van der Waals surface area contributed by atoms with Crippen molar-refractivity contribution in [2.24, 2.45) is 0 Å². The number of hydrogen-bond donors (Lipinski definition) is 15. The van der Waals surface area contributed by atoms with Gasteiger partial charge in [0.05, 0.1) is 81.4 Å². The SMILES string of the molecule is CCCC(C)(CC(O)COCC(O)C(=O)O)OCC(O)CC(C)(C)OCC(O)CN(C[C@H](O)[C@@H](O)[C@H](O)[C@H](O)CO)C[C@H](O)[C@@H](O)[C@H](O)[C@H](O)CO. The Bertz CT molecular complexity index is 921. The van der Waals surface area contributed by atoms with Gasteiger partial charge in [0.25, 0.3) is 0 Å². The van der Waals surface area contributed by atoms with E-state index in [4.69, 9.17) is 29.5 Å². The number of carboxylic acid groups (broad SMARTS) is 1. The van der Waals surface area contributed by atoms with E-state index < -0.39 is 130 Å². The van der Waals surface area contributed by atoms with Crippen molar-refractivity contribution >= 4 is 5.97 Å². The lowest BCUT2D eigenvalue weighted by Crippen LogP contribution is -2.54. The highest BCUT2D eigenvalue weighted by Gasteiger charge is 2.36. The van der Waals surface area contributed by atoms with Crippen LogP contribution in [0.15, 0.2) is 0 Å². The largest absolute Gasteiger partial charge is 0.479 e. The zero-order chi connectivity index (χ0) is 40.4. The van der Waals surface area contributed by atoms with Gasteiger partial charge in [-0.25, -0.2) is 4.79 Å². The molecule has 0 radical (unpaired) electrons. The molecule has 0 aliphatic heterocycles. The van der Waals surface area contributed by atoms with Crippen LogP contribution in [0.2, 0.25) is 0 Å². The van der Waals surface area contributed by atoms with Crippen LogP contribution >= 0.6 is 0 Å². The Morgan fingerprint density at radius 1 is 0.596 bits per heavy atom. The fraction of sp³-hybridized carbons (Fsp3) is 0.969. The minimum Gasteiger partial charge on any atom is -0.479 e. The second kappa shape index (κ2) is 25.0. The van der Waals surface area contributed by atoms with Crippen LogP contribution in [0.1, 0.15) is 53.4 Å². The normalized spacial score (nSPS) is 20.9. The van der Waals surface area contributed by atoms with Gasteiger partial charge in [-0.1, -0.05) is 13.3 Å². The lowest BCUT2D eigenvalue weighted by atomic mass is 9.93. The van der Waals surface area contributed by atoms with E-state index in [1.165, 1.54) is 0 Å². The standard InChI is InChI=1S/C32H65NO19/c1-5-6-32(4,8-19(37)14-50-17-25(43)30(48)49)52-15-18(36)7-31(2,3)51-16-20(38)9-33(10-21(39)26(44)28(46)23(41)12-34)11-22(40)27(45)29(47)24(42)13-35/h18-29,34-47H,5-17H2,1-4H3,(H,48,49)/t18?,19?,20?,21-,22-,23+,24+,25?,26+,27+,28+,29+,32?/m0/s1. The molecular formula is C32H65NO19. The van der Waals surface area contributed by atoms with Crippen LogP contribution in [-0.2, 0) is 19.0 Å². The molecule has 0 saturated heterocycles. The molecule has 0 saturated carbocycles. The number of carboxylic acids is 1. The average Bonchev–Trinajstić information content (AvgIpc) is 3.07. The van der Waals surface area contributed by atoms with Gasteiger partial charge in [-0.15, -0.1) is 0 Å². The Balaban J connectivity index is 5.38. The van der Waals surface area contributed by atoms with Gasteiger partial charge in [-0.2, -0.15) is 0 Å². The number of ether oxygens (including phenoxy) is 3. The number of carbonyl (C=O) groups is 1. The first kappa shape index (κ1) is 50.8. The van der Waals surface area contributed by atoms with Crippen molar-refractivity contribution in [3.8, 4) is 0 Å². The highest BCUT2D eigenvalue weighted by atomic mass is 16.5. The molecule has 0 rings (SSSR count). The summed E-state index contributed by atoms with van der Waals surface area (Å²) < 4.78 is 16.9. The van der Waals surface area contributed by atoms with Gasteiger partial charge < -0.3 is 90.8 Å². The summed E-state index contributed by atoms with van der Waals surface area (Å²) >= 11 is 0. The van der Waals surface area contributed by atoms with E-state index in [1.54, 1.807) is 20.8 Å². The van der Waals surface area contributed by atoms with Crippen LogP contribution in [0, 0.1) is 0 Å². The molecule has 0 aliphatic carbocycles. The summed E-state index contributed by atoms with van der Waals surface area (Å²) in [5.41, 5.74) is -1.96. The van der Waals surface area contributed by atoms with E-state index in [2.05, 4.69) is 0 Å². The van der Waals surface area contributed by atoms with Crippen molar-refractivity contribution in [1.29, 1.82) is 0 Å². The third-order valence-corrected chi connectivity index (χ3v) is 8.35. The number of hydrogen-bond acceptors (Lipinski definition) is 19. The first-order chi connectivity index (χ1) is 24.0. The van der Waals surface area contributed by atoms with Crippen LogP contribution in [0.3, 0.4) is 0 Å². The van der Waals surface area contributed by atoms with E-state index in [-0.39, 0.29) is 32.7 Å². The number of nitrogens with zero attached hydrogens (tertiary/aromatic N) is 1. The molecule has 15 N–H and O–H groups in total. The highest BCUT2D eigenvalue weighted by Crippen LogP contribution is 2.26. The van der Waals surface area contributed by atoms with Crippen molar-refractivity contribution in [3.63, 3.8) is 0 Å². The lowest BCUT2D eigenvalue weighted by molar-refractivity contribution is -0.151. The van der Waals surface area contributed by atoms with E-state index in [9.17, 15) is 66.1 Å². The van der Waals surface area contributed by atoms with Gasteiger partial charge in [0, 0.05) is 32.5 Å². The molecule has 0 aromatic rings. The Morgan fingerprint density at radius 3 is 1.48 bits per heavy atom. The van der Waals surface area contributed by atoms with E-state index in [0.29, 0.717) is 12.8 Å². The molecule has 52 heavy (non-hydrogen) atoms. The van der Waals surface area contributed by atoms with Crippen molar-refractivity contribution in [3.05, 3.63) is 0 Å². The fourth-order valence-corrected chi connectivity index (χ4v) is 5.46. The van der Waals surface area contributed by atoms with Crippen LogP contribution in [0.4, 0.5) is 0 Å². The summed E-state index contributed by atoms with van der Waals surface area (Å²) in [6.45, 7) is 2.15. The quantitative estimate of drug-likeness (QED) is 0.0312. The summed E-state index contributed by atoms with van der Waals surface area (Å²) in [6.07, 6.45) is -19.2. The molecule has 0 amide bonds. The third-order valence-electron chi connectivity index (χ3n) is 8.35. The summed E-state index contributed by atoms with van der Waals surface area (Å²) in [6, 6.07) is 0. The summed E-state index contributed by atoms with van der Waals surface area (Å²) in [4.78, 5) is 11.9. The first-order valence-corrected chi connectivity index (χ1v) is 17.2. The van der Waals surface area contributed by atoms with Gasteiger partial charge in [0.2, 0.25) is 0 Å². The monoisotopic (exact) mass is 767 g/mol. The number of aliphatic hydroxyl groups excluding tert-OH is 14. The third kappa shape index (κ3) is 19.9. The Labute approximate surface area is 303 Å². The van der Waals surface area contributed by atoms with E-state index in [1.807, 2.05) is 6.92 Å². The van der Waals surface area contributed by atoms with E-state index in [0.717, 1.165) is 4.90 Å². The van der Waals surface area contributed by atoms with Crippen molar-refractivity contribution in [1.82, 2.24) is 4.90 Å². The van der Waals surface area contributed by atoms with Crippen LogP contribution in [0.25, 0.3) is 0 Å². The van der Waals surface area contributed by atoms with Gasteiger partial charge in [-0.05, 0) is 27.2 Å². The number of rotatable bonds is 31. The average molecular weight is 768 g/mol. The maximum absolute atomic E-state index is 10.8. The zero-order valence-corrected chi connectivity index (χ0v) is 30.4. The molecule has 0 aromatic carbocycles. The first-order valence-electron chi connectivity index (χ1n) is 17.2. The zero-order valence-electron chi connectivity index (χ0n) is 30.4. The second-order valence-electron chi connectivity index (χ2n) is 14.2. The lowest BCUT2D eigenvalue weighted by Gasteiger charge is -2.35. The molecule has 0 aliphatic rings. The maximum Gasteiger partial charge on any atom is 0.334 e. The molecular weight excluding hydrogens is 702 g/mol. The summed E-state index contributed by atoms with van der Waals surface area (Å²) in [7, 11) is 0. The molecule has 5 unspecified atom stereocenters. The van der Waals surface area contributed by atoms with Crippen LogP contribution < -0.4 is 0 Å². The van der Waals surface area contributed by atoms with Crippen molar-refractivity contribution < 1.29 is 95.6 Å². The molecule has 0 fully saturated rings. The van der Waals surface area contributed by atoms with Gasteiger partial charge in [-0.3, -0.25) is 4.90 Å². The number of aliphatic carboxylic acids is 1. The molecule has 20 nitrogen and oxygen atoms in total. The van der Waals surface area contributed by atoms with Gasteiger partial charge in [0.15, 0.2) is 6.10 Å². The van der Waals surface area contributed by atoms with Crippen molar-refractivity contribution in [2.45, 2.75) is 138 Å². The molecule has 0 heterocycles. The maximum atomic E-state index is 10.8. The Morgan fingerprint density at radius 2 is 1.04 bits per heavy atom.